The summed E-state index contributed by atoms with van der Waals surface area (Å²) in [6.45, 7) is 25.4. The zero-order valence-electron chi connectivity index (χ0n) is 26.0. The lowest BCUT2D eigenvalue weighted by Crippen LogP contribution is -2.06. The second kappa shape index (κ2) is 11.0. The molecular weight excluding hydrogens is 603 g/mol. The fraction of sp³-hybridized carbons (Fsp3) is 0.0238. The summed E-state index contributed by atoms with van der Waals surface area (Å²) >= 11 is 0. The van der Waals surface area contributed by atoms with E-state index in [0.717, 1.165) is 71.7 Å². The van der Waals surface area contributed by atoms with Gasteiger partial charge in [-0.1, -0.05) is 60.7 Å². The van der Waals surface area contributed by atoms with E-state index in [1.807, 2.05) is 104 Å². The molecule has 7 nitrogen and oxygen atoms in total. The van der Waals surface area contributed by atoms with Crippen molar-refractivity contribution in [1.29, 1.82) is 10.5 Å². The minimum Gasteiger partial charge on any atom is -0.311 e. The first-order chi connectivity index (χ1) is 24.0. The van der Waals surface area contributed by atoms with Crippen LogP contribution in [0.3, 0.4) is 0 Å². The minimum absolute atomic E-state index is 0.488. The molecule has 6 aromatic carbocycles. The van der Waals surface area contributed by atoms with Crippen molar-refractivity contribution in [2.24, 2.45) is 0 Å². The molecule has 0 aliphatic heterocycles. The van der Waals surface area contributed by atoms with Crippen molar-refractivity contribution < 1.29 is 0 Å². The second-order valence-corrected chi connectivity index (χ2v) is 11.8. The molecule has 0 aliphatic carbocycles. The van der Waals surface area contributed by atoms with Crippen molar-refractivity contribution in [2.45, 2.75) is 6.92 Å². The number of nitrogens with zero attached hydrogens (tertiary/aromatic N) is 7. The molecule has 49 heavy (non-hydrogen) atoms. The highest BCUT2D eigenvalue weighted by Gasteiger charge is 2.23. The van der Waals surface area contributed by atoms with Crippen LogP contribution in [0.15, 0.2) is 109 Å². The number of fused-ring (bicyclic) bond motifs is 6. The molecule has 0 bridgehead atoms. The Bertz CT molecular complexity index is 2810. The predicted octanol–water partition coefficient (Wildman–Crippen LogP) is 11.3. The quantitative estimate of drug-likeness (QED) is 0.184. The van der Waals surface area contributed by atoms with Gasteiger partial charge >= 0.3 is 0 Å². The van der Waals surface area contributed by atoms with Crippen LogP contribution in [0.2, 0.25) is 0 Å². The summed E-state index contributed by atoms with van der Waals surface area (Å²) in [4.78, 5) is 11.2. The Kier molecular flexibility index (Phi) is 6.48. The highest BCUT2D eigenvalue weighted by molar-refractivity contribution is 6.13. The summed E-state index contributed by atoms with van der Waals surface area (Å²) in [5.74, 6) is 0. The van der Waals surface area contributed by atoms with E-state index in [0.29, 0.717) is 28.2 Å². The maximum Gasteiger partial charge on any atom is 0.189 e. The van der Waals surface area contributed by atoms with Crippen LogP contribution in [0.4, 0.5) is 17.1 Å². The average molecular weight is 624 g/mol. The molecule has 0 aliphatic rings. The Morgan fingerprint density at radius 2 is 1.02 bits per heavy atom. The zero-order chi connectivity index (χ0) is 33.8. The SMILES string of the molecule is [C-]#[N+]c1ccc2c3ccc(C#N)cc3n(-c3ccc(-c4cccc(C#N)c4)c(-n4c5cc([N+]#[C-])ccc5c5ccc([N+]#[C-])cc54)c3C)c2c1. The van der Waals surface area contributed by atoms with E-state index in [1.165, 1.54) is 0 Å². The van der Waals surface area contributed by atoms with Gasteiger partial charge in [-0.3, -0.25) is 0 Å². The first-order valence-corrected chi connectivity index (χ1v) is 15.3. The van der Waals surface area contributed by atoms with Crippen LogP contribution in [0.25, 0.3) is 80.6 Å². The summed E-state index contributed by atoms with van der Waals surface area (Å²) in [5.41, 5.74) is 10.1. The lowest BCUT2D eigenvalue weighted by Gasteiger charge is -2.21. The average Bonchev–Trinajstić information content (AvgIpc) is 3.65. The topological polar surface area (TPSA) is 70.5 Å². The summed E-state index contributed by atoms with van der Waals surface area (Å²) in [6, 6.07) is 38.6. The number of hydrogen-bond acceptors (Lipinski definition) is 2. The van der Waals surface area contributed by atoms with Crippen molar-refractivity contribution in [1.82, 2.24) is 9.13 Å². The van der Waals surface area contributed by atoms with Crippen LogP contribution < -0.4 is 0 Å². The summed E-state index contributed by atoms with van der Waals surface area (Å²) in [6.07, 6.45) is 0. The van der Waals surface area contributed by atoms with Gasteiger partial charge in [-0.15, -0.1) is 0 Å². The molecule has 8 aromatic rings. The second-order valence-electron chi connectivity index (χ2n) is 11.8. The molecule has 0 unspecified atom stereocenters. The van der Waals surface area contributed by atoms with Crippen molar-refractivity contribution in [3.05, 3.63) is 160 Å². The molecule has 0 fully saturated rings. The van der Waals surface area contributed by atoms with Crippen molar-refractivity contribution in [3.8, 4) is 34.6 Å². The molecule has 2 heterocycles. The number of rotatable bonds is 3. The highest BCUT2D eigenvalue weighted by Crippen LogP contribution is 2.43. The maximum absolute atomic E-state index is 9.86. The van der Waals surface area contributed by atoms with E-state index in [2.05, 4.69) is 35.8 Å². The molecule has 0 saturated carbocycles. The Morgan fingerprint density at radius 3 is 1.55 bits per heavy atom. The number of hydrogen-bond donors (Lipinski definition) is 0. The van der Waals surface area contributed by atoms with Gasteiger partial charge in [0.2, 0.25) is 0 Å². The molecule has 0 spiro atoms. The number of aromatic nitrogens is 2. The molecule has 0 N–H and O–H groups in total. The first-order valence-electron chi connectivity index (χ1n) is 15.3. The maximum atomic E-state index is 9.86. The Hall–Kier alpha value is -7.63. The van der Waals surface area contributed by atoms with E-state index in [1.54, 1.807) is 12.1 Å². The molecule has 8 rings (SSSR count). The smallest absolute Gasteiger partial charge is 0.189 e. The summed E-state index contributed by atoms with van der Waals surface area (Å²) in [7, 11) is 0. The van der Waals surface area contributed by atoms with Gasteiger partial charge in [-0.05, 0) is 66.6 Å². The van der Waals surface area contributed by atoms with Crippen LogP contribution in [-0.2, 0) is 0 Å². The van der Waals surface area contributed by atoms with Crippen molar-refractivity contribution >= 4 is 60.7 Å². The van der Waals surface area contributed by atoms with E-state index in [-0.39, 0.29) is 0 Å². The lowest BCUT2D eigenvalue weighted by atomic mass is 9.97. The van der Waals surface area contributed by atoms with Gasteiger partial charge < -0.3 is 9.13 Å². The van der Waals surface area contributed by atoms with Gasteiger partial charge in [0.05, 0.1) is 59.9 Å². The first kappa shape index (κ1) is 28.8. The largest absolute Gasteiger partial charge is 0.311 e. The third kappa shape index (κ3) is 4.31. The summed E-state index contributed by atoms with van der Waals surface area (Å²) in [5, 5.41) is 23.5. The molecule has 2 aromatic heterocycles. The molecular formula is C42H21N7. The molecule has 0 saturated heterocycles. The predicted molar refractivity (Wildman–Crippen MR) is 194 cm³/mol. The third-order valence-corrected chi connectivity index (χ3v) is 9.17. The molecule has 7 heteroatoms. The Morgan fingerprint density at radius 1 is 0.531 bits per heavy atom. The normalized spacial score (nSPS) is 10.9. The molecule has 0 amide bonds. The monoisotopic (exact) mass is 623 g/mol. The van der Waals surface area contributed by atoms with Crippen molar-refractivity contribution in [3.63, 3.8) is 0 Å². The Balaban J connectivity index is 1.58. The van der Waals surface area contributed by atoms with Gasteiger partial charge in [0, 0.05) is 43.7 Å². The van der Waals surface area contributed by atoms with Crippen LogP contribution in [0.1, 0.15) is 16.7 Å². The minimum atomic E-state index is 0.488. The van der Waals surface area contributed by atoms with E-state index < -0.39 is 0 Å². The molecule has 224 valence electrons. The lowest BCUT2D eigenvalue weighted by molar-refractivity contribution is 1.10. The van der Waals surface area contributed by atoms with Gasteiger partial charge in [0.1, 0.15) is 0 Å². The molecule has 0 radical (unpaired) electrons. The number of benzene rings is 6. The number of nitriles is 2. The third-order valence-electron chi connectivity index (χ3n) is 9.17. The van der Waals surface area contributed by atoms with Gasteiger partial charge in [0.15, 0.2) is 17.1 Å². The van der Waals surface area contributed by atoms with E-state index in [9.17, 15) is 10.5 Å². The standard InChI is InChI=1S/C42H21N7/c1-25-37(48-38-19-27(24-44)8-12-33(38)34-13-9-29(45-2)20-39(34)48)17-16-32(28-7-5-6-26(18-28)23-43)42(25)49-40-21-30(46-3)10-14-35(40)36-15-11-31(47-4)22-41(36)49/h5-22H,1H3. The van der Waals surface area contributed by atoms with Gasteiger partial charge in [0.25, 0.3) is 0 Å². The van der Waals surface area contributed by atoms with E-state index in [4.69, 9.17) is 19.7 Å². The Labute approximate surface area is 281 Å². The van der Waals surface area contributed by atoms with Crippen LogP contribution in [-0.4, -0.2) is 9.13 Å². The van der Waals surface area contributed by atoms with Crippen LogP contribution in [0.5, 0.6) is 0 Å². The van der Waals surface area contributed by atoms with Crippen LogP contribution >= 0.6 is 0 Å². The zero-order valence-corrected chi connectivity index (χ0v) is 26.0. The highest BCUT2D eigenvalue weighted by atomic mass is 15.0. The van der Waals surface area contributed by atoms with Crippen LogP contribution in [0, 0.1) is 49.3 Å². The van der Waals surface area contributed by atoms with Gasteiger partial charge in [-0.25, -0.2) is 14.5 Å². The fourth-order valence-corrected chi connectivity index (χ4v) is 6.99. The molecule has 0 atom stereocenters. The van der Waals surface area contributed by atoms with Gasteiger partial charge in [-0.2, -0.15) is 10.5 Å². The summed E-state index contributed by atoms with van der Waals surface area (Å²) < 4.78 is 4.23. The fourth-order valence-electron chi connectivity index (χ4n) is 6.99. The van der Waals surface area contributed by atoms with Crippen molar-refractivity contribution in [2.75, 3.05) is 0 Å². The van der Waals surface area contributed by atoms with E-state index >= 15 is 0 Å².